The Kier molecular flexibility index (Phi) is 6.26. The summed E-state index contributed by atoms with van der Waals surface area (Å²) in [5.41, 5.74) is 4.39. The van der Waals surface area contributed by atoms with Gasteiger partial charge in [-0.15, -0.1) is 11.3 Å². The SMILES string of the molecule is Cc1nn(CCC(=O)Nc2c(C(N)=O)sc3nc(C(F)(F)F)cc(-c4ccco4)c23)c(C)c1[N+](=O)[O-]. The molecule has 15 heteroatoms. The molecule has 2 amide bonds. The average Bonchev–Trinajstić information content (AvgIpc) is 3.49. The van der Waals surface area contributed by atoms with Crippen LogP contribution in [0.25, 0.3) is 21.5 Å². The fourth-order valence-electron chi connectivity index (χ4n) is 3.74. The van der Waals surface area contributed by atoms with Crippen molar-refractivity contribution in [2.24, 2.45) is 5.73 Å². The van der Waals surface area contributed by atoms with Gasteiger partial charge in [-0.05, 0) is 32.0 Å². The summed E-state index contributed by atoms with van der Waals surface area (Å²) in [7, 11) is 0. The smallest absolute Gasteiger partial charge is 0.433 e. The van der Waals surface area contributed by atoms with E-state index in [0.717, 1.165) is 6.07 Å². The third-order valence-corrected chi connectivity index (χ3v) is 6.40. The number of alkyl halides is 3. The second-order valence-corrected chi connectivity index (χ2v) is 8.68. The van der Waals surface area contributed by atoms with E-state index < -0.39 is 28.6 Å². The van der Waals surface area contributed by atoms with Gasteiger partial charge in [0, 0.05) is 17.4 Å². The summed E-state index contributed by atoms with van der Waals surface area (Å²) in [6.07, 6.45) is -3.72. The first-order valence-electron chi connectivity index (χ1n) is 10.2. The standard InChI is InChI=1S/C21H17F3N6O5S/c1-9-17(30(33)34)10(2)29(28-9)6-5-14(31)27-16-15-11(12-4-3-7-35-12)8-13(21(22,23)24)26-20(15)36-18(16)19(25)32/h3-4,7-8H,5-6H2,1-2H3,(H2,25,32)(H,27,31). The predicted octanol–water partition coefficient (Wildman–Crippen LogP) is 4.42. The molecule has 11 nitrogen and oxygen atoms in total. The number of amides is 2. The molecule has 188 valence electrons. The van der Waals surface area contributed by atoms with Crippen molar-refractivity contribution in [1.82, 2.24) is 14.8 Å². The molecule has 0 aliphatic carbocycles. The van der Waals surface area contributed by atoms with Gasteiger partial charge in [-0.2, -0.15) is 18.3 Å². The zero-order valence-corrected chi connectivity index (χ0v) is 19.5. The maximum Gasteiger partial charge on any atom is 0.433 e. The molecule has 4 aromatic rings. The van der Waals surface area contributed by atoms with E-state index in [2.05, 4.69) is 15.4 Å². The number of rotatable bonds is 7. The van der Waals surface area contributed by atoms with Crippen LogP contribution in [0.3, 0.4) is 0 Å². The highest BCUT2D eigenvalue weighted by atomic mass is 32.1. The number of halogens is 3. The van der Waals surface area contributed by atoms with Gasteiger partial charge >= 0.3 is 11.9 Å². The number of nitro groups is 1. The molecule has 0 aromatic carbocycles. The van der Waals surface area contributed by atoms with Crippen LogP contribution in [0, 0.1) is 24.0 Å². The lowest BCUT2D eigenvalue weighted by Crippen LogP contribution is -2.18. The van der Waals surface area contributed by atoms with E-state index in [1.54, 1.807) is 0 Å². The molecule has 4 aromatic heterocycles. The number of fused-ring (bicyclic) bond motifs is 1. The number of aromatic nitrogens is 3. The first kappa shape index (κ1) is 24.8. The van der Waals surface area contributed by atoms with Crippen molar-refractivity contribution >= 4 is 44.7 Å². The van der Waals surface area contributed by atoms with Crippen LogP contribution < -0.4 is 11.1 Å². The quantitative estimate of drug-likeness (QED) is 0.268. The van der Waals surface area contributed by atoms with Crippen molar-refractivity contribution in [3.8, 4) is 11.3 Å². The Hall–Kier alpha value is -4.27. The van der Waals surface area contributed by atoms with Crippen LogP contribution in [0.15, 0.2) is 28.9 Å². The Morgan fingerprint density at radius 2 is 2.06 bits per heavy atom. The molecule has 0 aliphatic heterocycles. The van der Waals surface area contributed by atoms with Gasteiger partial charge in [0.2, 0.25) is 5.91 Å². The van der Waals surface area contributed by atoms with Gasteiger partial charge in [0.15, 0.2) is 0 Å². The minimum Gasteiger partial charge on any atom is -0.464 e. The van der Waals surface area contributed by atoms with Crippen LogP contribution in [0.5, 0.6) is 0 Å². The second kappa shape index (κ2) is 9.07. The van der Waals surface area contributed by atoms with Crippen LogP contribution in [0.4, 0.5) is 24.5 Å². The normalized spacial score (nSPS) is 11.7. The summed E-state index contributed by atoms with van der Waals surface area (Å²) in [5.74, 6) is -1.54. The molecule has 0 atom stereocenters. The Labute approximate surface area is 203 Å². The maximum atomic E-state index is 13.5. The van der Waals surface area contributed by atoms with E-state index in [-0.39, 0.29) is 62.1 Å². The molecule has 36 heavy (non-hydrogen) atoms. The topological polar surface area (TPSA) is 159 Å². The Balaban J connectivity index is 1.73. The van der Waals surface area contributed by atoms with Crippen molar-refractivity contribution in [3.63, 3.8) is 0 Å². The van der Waals surface area contributed by atoms with E-state index in [1.165, 1.54) is 36.9 Å². The third kappa shape index (κ3) is 4.51. The number of carbonyl (C=O) groups excluding carboxylic acids is 2. The molecule has 3 N–H and O–H groups in total. The van der Waals surface area contributed by atoms with Crippen LogP contribution in [-0.4, -0.2) is 31.5 Å². The summed E-state index contributed by atoms with van der Waals surface area (Å²) in [4.78, 5) is 38.8. The van der Waals surface area contributed by atoms with Gasteiger partial charge < -0.3 is 15.5 Å². The molecule has 0 saturated heterocycles. The van der Waals surface area contributed by atoms with Gasteiger partial charge in [-0.1, -0.05) is 0 Å². The molecular weight excluding hydrogens is 505 g/mol. The van der Waals surface area contributed by atoms with Crippen LogP contribution in [-0.2, 0) is 17.5 Å². The van der Waals surface area contributed by atoms with Gasteiger partial charge in [0.1, 0.15) is 32.5 Å². The number of carbonyl (C=O) groups is 2. The van der Waals surface area contributed by atoms with E-state index >= 15 is 0 Å². The molecule has 0 aliphatic rings. The number of aryl methyl sites for hydroxylation is 2. The third-order valence-electron chi connectivity index (χ3n) is 5.30. The highest BCUT2D eigenvalue weighted by Gasteiger charge is 2.35. The first-order chi connectivity index (χ1) is 16.9. The predicted molar refractivity (Wildman–Crippen MR) is 122 cm³/mol. The van der Waals surface area contributed by atoms with E-state index in [0.29, 0.717) is 11.3 Å². The largest absolute Gasteiger partial charge is 0.464 e. The highest BCUT2D eigenvalue weighted by Crippen LogP contribution is 2.43. The summed E-state index contributed by atoms with van der Waals surface area (Å²) in [5, 5.41) is 17.9. The zero-order chi connectivity index (χ0) is 26.4. The number of primary amides is 1. The summed E-state index contributed by atoms with van der Waals surface area (Å²) < 4.78 is 47.1. The van der Waals surface area contributed by atoms with Crippen molar-refractivity contribution in [1.29, 1.82) is 0 Å². The lowest BCUT2D eigenvalue weighted by molar-refractivity contribution is -0.386. The first-order valence-corrected chi connectivity index (χ1v) is 11.1. The average molecular weight is 522 g/mol. The van der Waals surface area contributed by atoms with Crippen molar-refractivity contribution in [3.05, 3.63) is 56.5 Å². The molecule has 0 spiro atoms. The van der Waals surface area contributed by atoms with Crippen LogP contribution >= 0.6 is 11.3 Å². The van der Waals surface area contributed by atoms with Gasteiger partial charge in [0.25, 0.3) is 5.91 Å². The Morgan fingerprint density at radius 1 is 1.33 bits per heavy atom. The van der Waals surface area contributed by atoms with Crippen molar-refractivity contribution < 1.29 is 32.1 Å². The summed E-state index contributed by atoms with van der Waals surface area (Å²) in [6.45, 7) is 2.94. The van der Waals surface area contributed by atoms with E-state index in [4.69, 9.17) is 10.2 Å². The number of pyridine rings is 1. The molecule has 0 saturated carbocycles. The lowest BCUT2D eigenvalue weighted by atomic mass is 10.1. The van der Waals surface area contributed by atoms with Gasteiger partial charge in [-0.25, -0.2) is 4.98 Å². The second-order valence-electron chi connectivity index (χ2n) is 7.68. The number of furan rings is 1. The number of hydrogen-bond donors (Lipinski definition) is 2. The van der Waals surface area contributed by atoms with Crippen molar-refractivity contribution in [2.75, 3.05) is 5.32 Å². The molecule has 4 heterocycles. The monoisotopic (exact) mass is 522 g/mol. The number of hydrogen-bond acceptors (Lipinski definition) is 8. The molecule has 0 radical (unpaired) electrons. The lowest BCUT2D eigenvalue weighted by Gasteiger charge is -2.11. The Bertz CT molecular complexity index is 1510. The molecular formula is C21H17F3N6O5S. The fraction of sp³-hybridized carbons (Fsp3) is 0.238. The summed E-state index contributed by atoms with van der Waals surface area (Å²) >= 11 is 0.607. The molecule has 0 bridgehead atoms. The Morgan fingerprint density at radius 3 is 2.61 bits per heavy atom. The number of thiophene rings is 1. The van der Waals surface area contributed by atoms with Crippen molar-refractivity contribution in [2.45, 2.75) is 33.0 Å². The van der Waals surface area contributed by atoms with Gasteiger partial charge in [-0.3, -0.25) is 24.4 Å². The number of nitrogens with two attached hydrogens (primary N) is 1. The number of anilines is 1. The highest BCUT2D eigenvalue weighted by molar-refractivity contribution is 7.21. The van der Waals surface area contributed by atoms with Crippen LogP contribution in [0.2, 0.25) is 0 Å². The number of nitrogens with one attached hydrogen (secondary N) is 1. The number of nitrogens with zero attached hydrogens (tertiary/aromatic N) is 4. The fourth-order valence-corrected chi connectivity index (χ4v) is 4.75. The van der Waals surface area contributed by atoms with E-state index in [9.17, 15) is 32.9 Å². The minimum atomic E-state index is -4.78. The minimum absolute atomic E-state index is 0.0260. The van der Waals surface area contributed by atoms with Crippen LogP contribution in [0.1, 0.15) is 33.2 Å². The van der Waals surface area contributed by atoms with E-state index in [1.807, 2.05) is 0 Å². The van der Waals surface area contributed by atoms with Gasteiger partial charge in [0.05, 0.1) is 23.4 Å². The maximum absolute atomic E-state index is 13.5. The zero-order valence-electron chi connectivity index (χ0n) is 18.7. The molecule has 4 rings (SSSR count). The molecule has 0 unspecified atom stereocenters. The summed E-state index contributed by atoms with van der Waals surface area (Å²) in [6, 6.07) is 3.67. The molecule has 0 fully saturated rings.